The zero-order chi connectivity index (χ0) is 11.3. The van der Waals surface area contributed by atoms with Gasteiger partial charge in [-0.3, -0.25) is 9.69 Å². The Kier molecular flexibility index (Phi) is 4.98. The number of nitrogens with two attached hydrogens (primary N) is 1. The lowest BCUT2D eigenvalue weighted by Gasteiger charge is -2.28. The smallest absolute Gasteiger partial charge is 0.221 e. The highest BCUT2D eigenvalue weighted by Crippen LogP contribution is 2.10. The van der Waals surface area contributed by atoms with Gasteiger partial charge in [-0.2, -0.15) is 0 Å². The number of hydrogen-bond acceptors (Lipinski definition) is 3. The molecule has 0 aromatic rings. The summed E-state index contributed by atoms with van der Waals surface area (Å²) in [5.41, 5.74) is 5.56. The van der Waals surface area contributed by atoms with Crippen molar-refractivity contribution in [1.29, 1.82) is 0 Å². The lowest BCUT2D eigenvalue weighted by Crippen LogP contribution is -2.39. The second-order valence-corrected chi connectivity index (χ2v) is 4.39. The minimum atomic E-state index is 0.141. The van der Waals surface area contributed by atoms with E-state index < -0.39 is 0 Å². The molecule has 0 radical (unpaired) electrons. The number of carbonyl (C=O) groups excluding carboxylic acids is 1. The van der Waals surface area contributed by atoms with Crippen molar-refractivity contribution >= 4 is 23.1 Å². The number of carbonyl (C=O) groups is 1. The molecule has 0 spiro atoms. The average Bonchev–Trinajstić information content (AvgIpc) is 2.39. The lowest BCUT2D eigenvalue weighted by molar-refractivity contribution is -0.120. The van der Waals surface area contributed by atoms with Crippen LogP contribution in [0.15, 0.2) is 0 Å². The van der Waals surface area contributed by atoms with E-state index in [1.807, 2.05) is 0 Å². The van der Waals surface area contributed by atoms with E-state index in [9.17, 15) is 4.79 Å². The van der Waals surface area contributed by atoms with Gasteiger partial charge >= 0.3 is 0 Å². The number of thiocarbonyl (C=S) groups is 1. The van der Waals surface area contributed by atoms with Gasteiger partial charge in [0.05, 0.1) is 4.99 Å². The Hall–Kier alpha value is -0.680. The van der Waals surface area contributed by atoms with Crippen LogP contribution in [0.2, 0.25) is 0 Å². The third-order valence-corrected chi connectivity index (χ3v) is 2.94. The maximum absolute atomic E-state index is 11.2. The Morgan fingerprint density at radius 2 is 2.40 bits per heavy atom. The van der Waals surface area contributed by atoms with Crippen LogP contribution in [-0.4, -0.2) is 41.5 Å². The standard InChI is InChI=1S/C10H19N3OS/c1-2-8(7-9(11)15)13-5-3-10(14)12-4-6-13/h8H,2-7H2,1H3,(H2,11,15)(H,12,14). The molecule has 0 aliphatic carbocycles. The van der Waals surface area contributed by atoms with Crippen molar-refractivity contribution in [3.8, 4) is 0 Å². The van der Waals surface area contributed by atoms with Crippen molar-refractivity contribution in [2.75, 3.05) is 19.6 Å². The Balaban J connectivity index is 2.51. The first-order valence-corrected chi connectivity index (χ1v) is 5.83. The molecule has 1 amide bonds. The molecule has 1 aliphatic heterocycles. The highest BCUT2D eigenvalue weighted by Gasteiger charge is 2.20. The second-order valence-electron chi connectivity index (χ2n) is 3.87. The maximum atomic E-state index is 11.2. The van der Waals surface area contributed by atoms with E-state index >= 15 is 0 Å². The quantitative estimate of drug-likeness (QED) is 0.679. The summed E-state index contributed by atoms with van der Waals surface area (Å²) in [6.07, 6.45) is 2.35. The van der Waals surface area contributed by atoms with Gasteiger partial charge in [-0.05, 0) is 6.42 Å². The fraction of sp³-hybridized carbons (Fsp3) is 0.800. The highest BCUT2D eigenvalue weighted by molar-refractivity contribution is 7.80. The van der Waals surface area contributed by atoms with Gasteiger partial charge in [0.15, 0.2) is 0 Å². The Morgan fingerprint density at radius 3 is 3.00 bits per heavy atom. The number of nitrogens with zero attached hydrogens (tertiary/aromatic N) is 1. The molecule has 1 unspecified atom stereocenters. The predicted octanol–water partition coefficient (Wildman–Crippen LogP) is 0.263. The van der Waals surface area contributed by atoms with Crippen molar-refractivity contribution in [1.82, 2.24) is 10.2 Å². The molecule has 0 saturated carbocycles. The monoisotopic (exact) mass is 229 g/mol. The Morgan fingerprint density at radius 1 is 1.67 bits per heavy atom. The lowest BCUT2D eigenvalue weighted by atomic mass is 10.1. The molecule has 15 heavy (non-hydrogen) atoms. The van der Waals surface area contributed by atoms with Crippen LogP contribution in [-0.2, 0) is 4.79 Å². The molecule has 0 aromatic carbocycles. The first-order chi connectivity index (χ1) is 7.13. The molecule has 0 aromatic heterocycles. The minimum absolute atomic E-state index is 0.141. The van der Waals surface area contributed by atoms with Gasteiger partial charge in [-0.15, -0.1) is 0 Å². The Bertz CT molecular complexity index is 245. The first kappa shape index (κ1) is 12.4. The summed E-state index contributed by atoms with van der Waals surface area (Å²) in [6, 6.07) is 0.384. The molecule has 0 bridgehead atoms. The van der Waals surface area contributed by atoms with Crippen LogP contribution in [0, 0.1) is 0 Å². The van der Waals surface area contributed by atoms with Crippen LogP contribution in [0.3, 0.4) is 0 Å². The van der Waals surface area contributed by atoms with Gasteiger partial charge in [0.1, 0.15) is 0 Å². The van der Waals surface area contributed by atoms with Crippen LogP contribution in [0.4, 0.5) is 0 Å². The molecule has 1 aliphatic rings. The fourth-order valence-electron chi connectivity index (χ4n) is 1.91. The van der Waals surface area contributed by atoms with E-state index in [0.29, 0.717) is 17.5 Å². The van der Waals surface area contributed by atoms with Gasteiger partial charge in [0, 0.05) is 38.5 Å². The van der Waals surface area contributed by atoms with Crippen LogP contribution in [0.1, 0.15) is 26.2 Å². The summed E-state index contributed by atoms with van der Waals surface area (Å²) in [7, 11) is 0. The van der Waals surface area contributed by atoms with Gasteiger partial charge < -0.3 is 11.1 Å². The zero-order valence-corrected chi connectivity index (χ0v) is 9.98. The van der Waals surface area contributed by atoms with Gasteiger partial charge in [-0.25, -0.2) is 0 Å². The van der Waals surface area contributed by atoms with E-state index in [1.165, 1.54) is 0 Å². The number of nitrogens with one attached hydrogen (secondary N) is 1. The molecule has 3 N–H and O–H groups in total. The van der Waals surface area contributed by atoms with E-state index in [-0.39, 0.29) is 5.91 Å². The molecular weight excluding hydrogens is 210 g/mol. The molecule has 1 fully saturated rings. The SMILES string of the molecule is CCC(CC(N)=S)N1CCNC(=O)CC1. The normalized spacial score (nSPS) is 20.5. The Labute approximate surface area is 96.2 Å². The molecule has 1 rings (SSSR count). The van der Waals surface area contributed by atoms with Gasteiger partial charge in [0.2, 0.25) is 5.91 Å². The summed E-state index contributed by atoms with van der Waals surface area (Å²) >= 11 is 4.93. The van der Waals surface area contributed by atoms with Crippen molar-refractivity contribution < 1.29 is 4.79 Å². The summed E-state index contributed by atoms with van der Waals surface area (Å²) in [4.78, 5) is 14.0. The van der Waals surface area contributed by atoms with Crippen molar-refractivity contribution in [2.24, 2.45) is 5.73 Å². The summed E-state index contributed by atoms with van der Waals surface area (Å²) < 4.78 is 0. The van der Waals surface area contributed by atoms with Gasteiger partial charge in [-0.1, -0.05) is 19.1 Å². The van der Waals surface area contributed by atoms with E-state index in [2.05, 4.69) is 17.1 Å². The largest absolute Gasteiger partial charge is 0.393 e. The number of amides is 1. The highest BCUT2D eigenvalue weighted by atomic mass is 32.1. The maximum Gasteiger partial charge on any atom is 0.221 e. The summed E-state index contributed by atoms with van der Waals surface area (Å²) in [5, 5.41) is 2.86. The summed E-state index contributed by atoms with van der Waals surface area (Å²) in [5.74, 6) is 0.141. The van der Waals surface area contributed by atoms with Crippen LogP contribution >= 0.6 is 12.2 Å². The topological polar surface area (TPSA) is 58.4 Å². The first-order valence-electron chi connectivity index (χ1n) is 5.42. The van der Waals surface area contributed by atoms with Crippen LogP contribution in [0.5, 0.6) is 0 Å². The van der Waals surface area contributed by atoms with Crippen molar-refractivity contribution in [3.05, 3.63) is 0 Å². The van der Waals surface area contributed by atoms with Gasteiger partial charge in [0.25, 0.3) is 0 Å². The number of hydrogen-bond donors (Lipinski definition) is 2. The molecule has 1 saturated heterocycles. The van der Waals surface area contributed by atoms with E-state index in [0.717, 1.165) is 32.5 Å². The molecular formula is C10H19N3OS. The fourth-order valence-corrected chi connectivity index (χ4v) is 2.11. The van der Waals surface area contributed by atoms with Crippen LogP contribution in [0.25, 0.3) is 0 Å². The molecule has 86 valence electrons. The second kappa shape index (κ2) is 6.02. The molecule has 5 heteroatoms. The molecule has 1 atom stereocenters. The molecule has 1 heterocycles. The van der Waals surface area contributed by atoms with Crippen molar-refractivity contribution in [3.63, 3.8) is 0 Å². The van der Waals surface area contributed by atoms with E-state index in [4.69, 9.17) is 18.0 Å². The molecule has 4 nitrogen and oxygen atoms in total. The predicted molar refractivity (Wildman–Crippen MR) is 64.7 cm³/mol. The van der Waals surface area contributed by atoms with E-state index in [1.54, 1.807) is 0 Å². The minimum Gasteiger partial charge on any atom is -0.393 e. The third kappa shape index (κ3) is 4.13. The van der Waals surface area contributed by atoms with Crippen LogP contribution < -0.4 is 11.1 Å². The summed E-state index contributed by atoms with van der Waals surface area (Å²) in [6.45, 7) is 4.57. The third-order valence-electron chi connectivity index (χ3n) is 2.77. The number of rotatable bonds is 4. The van der Waals surface area contributed by atoms with Crippen molar-refractivity contribution in [2.45, 2.75) is 32.2 Å². The zero-order valence-electron chi connectivity index (χ0n) is 9.16. The average molecular weight is 229 g/mol.